The maximum absolute atomic E-state index is 12.0. The fourth-order valence-corrected chi connectivity index (χ4v) is 2.32. The third-order valence-corrected chi connectivity index (χ3v) is 3.73. The van der Waals surface area contributed by atoms with Gasteiger partial charge in [-0.05, 0) is 43.0 Å². The van der Waals surface area contributed by atoms with Crippen LogP contribution in [0.3, 0.4) is 0 Å². The van der Waals surface area contributed by atoms with Crippen LogP contribution in [0.1, 0.15) is 12.0 Å². The van der Waals surface area contributed by atoms with E-state index in [1.165, 1.54) is 7.11 Å². The van der Waals surface area contributed by atoms with Crippen molar-refractivity contribution in [3.05, 3.63) is 28.8 Å². The Hall–Kier alpha value is -1.40. The van der Waals surface area contributed by atoms with Crippen molar-refractivity contribution in [2.24, 2.45) is 0 Å². The second-order valence-corrected chi connectivity index (χ2v) is 5.84. The van der Waals surface area contributed by atoms with E-state index in [-0.39, 0.29) is 0 Å². The molecule has 0 saturated carbocycles. The average Bonchev–Trinajstić information content (AvgIpc) is 2.46. The van der Waals surface area contributed by atoms with Crippen LogP contribution in [0.25, 0.3) is 0 Å². The molecule has 0 unspecified atom stereocenters. The summed E-state index contributed by atoms with van der Waals surface area (Å²) in [4.78, 5) is 23.6. The van der Waals surface area contributed by atoms with Gasteiger partial charge in [0.2, 0.25) is 0 Å². The molecule has 0 heterocycles. The molecule has 21 heavy (non-hydrogen) atoms. The lowest BCUT2D eigenvalue weighted by atomic mass is 10.2. The number of carbonyl (C=O) groups excluding carboxylic acids is 2. The van der Waals surface area contributed by atoms with Crippen LogP contribution < -0.4 is 10.6 Å². The SMILES string of the molecule is COC(=O)[C@H](CCSC)NC(=O)Nc1cc(Cl)ccc1C. The highest BCUT2D eigenvalue weighted by Gasteiger charge is 2.21. The van der Waals surface area contributed by atoms with Crippen molar-refractivity contribution >= 4 is 41.1 Å². The molecule has 1 aromatic rings. The molecule has 0 aromatic heterocycles. The van der Waals surface area contributed by atoms with E-state index in [0.29, 0.717) is 17.1 Å². The lowest BCUT2D eigenvalue weighted by molar-refractivity contribution is -0.142. The molecule has 2 N–H and O–H groups in total. The Morgan fingerprint density at radius 3 is 2.76 bits per heavy atom. The lowest BCUT2D eigenvalue weighted by Gasteiger charge is -2.17. The highest BCUT2D eigenvalue weighted by molar-refractivity contribution is 7.98. The normalized spacial score (nSPS) is 11.6. The number of carbonyl (C=O) groups is 2. The number of methoxy groups -OCH3 is 1. The number of urea groups is 1. The molecule has 0 aliphatic heterocycles. The first kappa shape index (κ1) is 17.7. The minimum Gasteiger partial charge on any atom is -0.467 e. The molecular weight excluding hydrogens is 312 g/mol. The number of thioether (sulfide) groups is 1. The lowest BCUT2D eigenvalue weighted by Crippen LogP contribution is -2.44. The fraction of sp³-hybridized carbons (Fsp3) is 0.429. The average molecular weight is 331 g/mol. The molecule has 0 saturated heterocycles. The zero-order chi connectivity index (χ0) is 15.8. The first-order valence-electron chi connectivity index (χ1n) is 6.38. The van der Waals surface area contributed by atoms with Crippen LogP contribution in [-0.4, -0.2) is 37.2 Å². The van der Waals surface area contributed by atoms with E-state index in [9.17, 15) is 9.59 Å². The number of anilines is 1. The van der Waals surface area contributed by atoms with Gasteiger partial charge in [-0.2, -0.15) is 11.8 Å². The van der Waals surface area contributed by atoms with Gasteiger partial charge in [0.25, 0.3) is 0 Å². The molecule has 0 fully saturated rings. The van der Waals surface area contributed by atoms with Gasteiger partial charge in [-0.25, -0.2) is 9.59 Å². The van der Waals surface area contributed by atoms with Crippen molar-refractivity contribution < 1.29 is 14.3 Å². The van der Waals surface area contributed by atoms with Crippen LogP contribution in [0.5, 0.6) is 0 Å². The van der Waals surface area contributed by atoms with Gasteiger partial charge in [-0.15, -0.1) is 0 Å². The molecule has 116 valence electrons. The number of aryl methyl sites for hydroxylation is 1. The van der Waals surface area contributed by atoms with E-state index in [0.717, 1.165) is 11.3 Å². The summed E-state index contributed by atoms with van der Waals surface area (Å²) in [6, 6.07) is 4.09. The van der Waals surface area contributed by atoms with E-state index in [1.807, 2.05) is 19.2 Å². The molecular formula is C14H19ClN2O3S. The summed E-state index contributed by atoms with van der Waals surface area (Å²) >= 11 is 7.50. The molecule has 7 heteroatoms. The highest BCUT2D eigenvalue weighted by atomic mass is 35.5. The largest absolute Gasteiger partial charge is 0.467 e. The summed E-state index contributed by atoms with van der Waals surface area (Å²) in [7, 11) is 1.30. The Labute approximate surface area is 133 Å². The quantitative estimate of drug-likeness (QED) is 0.787. The third-order valence-electron chi connectivity index (χ3n) is 2.85. The maximum atomic E-state index is 12.0. The number of ether oxygens (including phenoxy) is 1. The van der Waals surface area contributed by atoms with Crippen molar-refractivity contribution in [3.63, 3.8) is 0 Å². The minimum atomic E-state index is -0.665. The fourth-order valence-electron chi connectivity index (χ4n) is 1.67. The van der Waals surface area contributed by atoms with Crippen molar-refractivity contribution in [2.45, 2.75) is 19.4 Å². The molecule has 5 nitrogen and oxygen atoms in total. The molecule has 1 rings (SSSR count). The summed E-state index contributed by atoms with van der Waals surface area (Å²) in [6.07, 6.45) is 2.44. The molecule has 0 bridgehead atoms. The first-order valence-corrected chi connectivity index (χ1v) is 8.15. The van der Waals surface area contributed by atoms with Crippen molar-refractivity contribution in [2.75, 3.05) is 24.4 Å². The Bertz CT molecular complexity index is 511. The van der Waals surface area contributed by atoms with Gasteiger partial charge in [0.1, 0.15) is 6.04 Å². The van der Waals surface area contributed by atoms with Gasteiger partial charge in [-0.3, -0.25) is 0 Å². The molecule has 0 aliphatic rings. The van der Waals surface area contributed by atoms with Gasteiger partial charge in [0.05, 0.1) is 7.11 Å². The van der Waals surface area contributed by atoms with Crippen molar-refractivity contribution in [1.29, 1.82) is 0 Å². The van der Waals surface area contributed by atoms with Crippen LogP contribution in [0, 0.1) is 6.92 Å². The Morgan fingerprint density at radius 2 is 2.14 bits per heavy atom. The van der Waals surface area contributed by atoms with Crippen LogP contribution in [-0.2, 0) is 9.53 Å². The van der Waals surface area contributed by atoms with E-state index in [1.54, 1.807) is 23.9 Å². The number of benzene rings is 1. The van der Waals surface area contributed by atoms with Gasteiger partial charge in [0, 0.05) is 10.7 Å². The number of hydrogen-bond acceptors (Lipinski definition) is 4. The van der Waals surface area contributed by atoms with E-state index in [4.69, 9.17) is 16.3 Å². The number of halogens is 1. The van der Waals surface area contributed by atoms with E-state index < -0.39 is 18.0 Å². The molecule has 2 amide bonds. The van der Waals surface area contributed by atoms with Gasteiger partial charge in [-0.1, -0.05) is 17.7 Å². The molecule has 0 radical (unpaired) electrons. The van der Waals surface area contributed by atoms with Crippen LogP contribution >= 0.6 is 23.4 Å². The zero-order valence-electron chi connectivity index (χ0n) is 12.2. The van der Waals surface area contributed by atoms with Crippen LogP contribution in [0.2, 0.25) is 5.02 Å². The zero-order valence-corrected chi connectivity index (χ0v) is 13.8. The summed E-state index contributed by atoms with van der Waals surface area (Å²) in [5.74, 6) is 0.290. The highest BCUT2D eigenvalue weighted by Crippen LogP contribution is 2.20. The van der Waals surface area contributed by atoms with Crippen LogP contribution in [0.4, 0.5) is 10.5 Å². The number of hydrogen-bond donors (Lipinski definition) is 2. The Balaban J connectivity index is 2.68. The Kier molecular flexibility index (Phi) is 7.39. The topological polar surface area (TPSA) is 67.4 Å². The molecule has 0 spiro atoms. The van der Waals surface area contributed by atoms with Crippen LogP contribution in [0.15, 0.2) is 18.2 Å². The second kappa shape index (κ2) is 8.79. The maximum Gasteiger partial charge on any atom is 0.328 e. The third kappa shape index (κ3) is 5.85. The number of esters is 1. The standard InChI is InChI=1S/C14H19ClN2O3S/c1-9-4-5-10(15)8-12(9)17-14(19)16-11(6-7-21-3)13(18)20-2/h4-5,8,11H,6-7H2,1-3H3,(H2,16,17,19)/t11-/m0/s1. The number of rotatable bonds is 6. The van der Waals surface area contributed by atoms with Gasteiger partial charge in [0.15, 0.2) is 0 Å². The van der Waals surface area contributed by atoms with E-state index >= 15 is 0 Å². The number of amides is 2. The summed E-state index contributed by atoms with van der Waals surface area (Å²) in [5, 5.41) is 5.83. The van der Waals surface area contributed by atoms with Gasteiger partial charge < -0.3 is 15.4 Å². The molecule has 1 aromatic carbocycles. The predicted octanol–water partition coefficient (Wildman–Crippen LogP) is 3.06. The molecule has 1 atom stereocenters. The minimum absolute atomic E-state index is 0.456. The van der Waals surface area contributed by atoms with Crippen molar-refractivity contribution in [1.82, 2.24) is 5.32 Å². The monoisotopic (exact) mass is 330 g/mol. The van der Waals surface area contributed by atoms with E-state index in [2.05, 4.69) is 10.6 Å². The smallest absolute Gasteiger partial charge is 0.328 e. The number of nitrogens with one attached hydrogen (secondary N) is 2. The predicted molar refractivity (Wildman–Crippen MR) is 87.1 cm³/mol. The van der Waals surface area contributed by atoms with Crippen molar-refractivity contribution in [3.8, 4) is 0 Å². The van der Waals surface area contributed by atoms with Gasteiger partial charge >= 0.3 is 12.0 Å². The second-order valence-electron chi connectivity index (χ2n) is 4.41. The summed E-state index contributed by atoms with van der Waals surface area (Å²) in [6.45, 7) is 1.86. The first-order chi connectivity index (χ1) is 9.97. The summed E-state index contributed by atoms with van der Waals surface area (Å²) < 4.78 is 4.69. The molecule has 0 aliphatic carbocycles. The summed E-state index contributed by atoms with van der Waals surface area (Å²) in [5.41, 5.74) is 1.49. The Morgan fingerprint density at radius 1 is 1.43 bits per heavy atom.